The molecule has 13 heavy (non-hydrogen) atoms. The first kappa shape index (κ1) is 10.7. The molecule has 1 rings (SSSR count). The number of hydrogen-bond donors (Lipinski definition) is 1. The lowest BCUT2D eigenvalue weighted by Gasteiger charge is -2.22. The fourth-order valence-corrected chi connectivity index (χ4v) is 2.65. The predicted molar refractivity (Wildman–Crippen MR) is 53.0 cm³/mol. The molecule has 1 N–H and O–H groups in total. The van der Waals surface area contributed by atoms with Crippen molar-refractivity contribution in [2.45, 2.75) is 6.42 Å². The maximum Gasteiger partial charge on any atom is 0.215 e. The van der Waals surface area contributed by atoms with Gasteiger partial charge in [0, 0.05) is 19.6 Å². The van der Waals surface area contributed by atoms with E-state index in [4.69, 9.17) is 0 Å². The van der Waals surface area contributed by atoms with Crippen molar-refractivity contribution in [3.05, 3.63) is 12.2 Å². The molecule has 0 spiro atoms. The van der Waals surface area contributed by atoms with Crippen molar-refractivity contribution in [2.24, 2.45) is 0 Å². The average molecular weight is 204 g/mol. The van der Waals surface area contributed by atoms with Crippen LogP contribution in [0.2, 0.25) is 0 Å². The first-order valence-corrected chi connectivity index (χ1v) is 6.05. The minimum Gasteiger partial charge on any atom is -0.319 e. The van der Waals surface area contributed by atoms with E-state index < -0.39 is 10.0 Å². The van der Waals surface area contributed by atoms with Gasteiger partial charge in [-0.1, -0.05) is 12.2 Å². The van der Waals surface area contributed by atoms with Gasteiger partial charge < -0.3 is 5.32 Å². The molecule has 5 heteroatoms. The molecule has 0 saturated heterocycles. The summed E-state index contributed by atoms with van der Waals surface area (Å²) in [5.74, 6) is 0.192. The van der Waals surface area contributed by atoms with Crippen LogP contribution in [-0.4, -0.2) is 45.2 Å². The third kappa shape index (κ3) is 3.10. The van der Waals surface area contributed by atoms with Crippen LogP contribution in [-0.2, 0) is 10.0 Å². The summed E-state index contributed by atoms with van der Waals surface area (Å²) < 4.78 is 24.7. The van der Waals surface area contributed by atoms with Crippen molar-refractivity contribution in [3.8, 4) is 0 Å². The highest BCUT2D eigenvalue weighted by Crippen LogP contribution is 2.07. The van der Waals surface area contributed by atoms with Gasteiger partial charge in [-0.3, -0.25) is 0 Å². The lowest BCUT2D eigenvalue weighted by atomic mass is 10.3. The smallest absolute Gasteiger partial charge is 0.215 e. The van der Waals surface area contributed by atoms with E-state index in [1.165, 1.54) is 4.31 Å². The van der Waals surface area contributed by atoms with Crippen LogP contribution in [0.4, 0.5) is 0 Å². The molecule has 0 aromatic heterocycles. The van der Waals surface area contributed by atoms with E-state index in [9.17, 15) is 8.42 Å². The van der Waals surface area contributed by atoms with E-state index in [2.05, 4.69) is 5.32 Å². The number of nitrogens with zero attached hydrogens (tertiary/aromatic N) is 1. The largest absolute Gasteiger partial charge is 0.319 e. The zero-order chi connectivity index (χ0) is 9.73. The van der Waals surface area contributed by atoms with Gasteiger partial charge in [-0.15, -0.1) is 0 Å². The quantitative estimate of drug-likeness (QED) is 0.645. The van der Waals surface area contributed by atoms with Crippen LogP contribution in [0, 0.1) is 0 Å². The number of rotatable bonds is 4. The molecule has 0 fully saturated rings. The number of nitrogens with one attached hydrogen (secondary N) is 1. The molecule has 0 radical (unpaired) electrons. The summed E-state index contributed by atoms with van der Waals surface area (Å²) in [5.41, 5.74) is 0. The van der Waals surface area contributed by atoms with Gasteiger partial charge in [0.25, 0.3) is 0 Å². The third-order valence-electron chi connectivity index (χ3n) is 2.02. The Balaban J connectivity index is 2.53. The van der Waals surface area contributed by atoms with Crippen molar-refractivity contribution in [2.75, 3.05) is 32.4 Å². The van der Waals surface area contributed by atoms with Crippen molar-refractivity contribution in [1.82, 2.24) is 9.62 Å². The summed E-state index contributed by atoms with van der Waals surface area (Å²) in [6.45, 7) is 1.68. The Morgan fingerprint density at radius 1 is 1.46 bits per heavy atom. The number of hydrogen-bond acceptors (Lipinski definition) is 3. The van der Waals surface area contributed by atoms with Gasteiger partial charge in [0.2, 0.25) is 10.0 Å². The zero-order valence-corrected chi connectivity index (χ0v) is 8.68. The van der Waals surface area contributed by atoms with E-state index in [0.29, 0.717) is 19.6 Å². The molecule has 0 atom stereocenters. The van der Waals surface area contributed by atoms with Gasteiger partial charge in [-0.2, -0.15) is 4.31 Å². The molecule has 4 nitrogen and oxygen atoms in total. The first-order chi connectivity index (χ1) is 6.17. The van der Waals surface area contributed by atoms with Gasteiger partial charge in [-0.05, 0) is 13.5 Å². The Kier molecular flexibility index (Phi) is 3.90. The van der Waals surface area contributed by atoms with E-state index >= 15 is 0 Å². The van der Waals surface area contributed by atoms with Crippen LogP contribution in [0.1, 0.15) is 6.42 Å². The summed E-state index contributed by atoms with van der Waals surface area (Å²) in [6, 6.07) is 0. The molecule has 0 amide bonds. The summed E-state index contributed by atoms with van der Waals surface area (Å²) in [7, 11) is -1.27. The van der Waals surface area contributed by atoms with Crippen molar-refractivity contribution in [1.29, 1.82) is 0 Å². The maximum atomic E-state index is 11.6. The topological polar surface area (TPSA) is 49.4 Å². The molecule has 0 bridgehead atoms. The number of sulfonamides is 1. The second kappa shape index (κ2) is 4.74. The lowest BCUT2D eigenvalue weighted by Crippen LogP contribution is -2.37. The van der Waals surface area contributed by atoms with Crippen LogP contribution >= 0.6 is 0 Å². The fourth-order valence-electron chi connectivity index (χ4n) is 1.23. The Hall–Kier alpha value is -0.390. The van der Waals surface area contributed by atoms with Crippen LogP contribution in [0.25, 0.3) is 0 Å². The molecule has 0 aromatic carbocycles. The Labute approximate surface area is 79.7 Å². The minimum atomic E-state index is -3.03. The molecular formula is C8H16N2O2S. The molecular weight excluding hydrogens is 188 g/mol. The average Bonchev–Trinajstić information content (AvgIpc) is 2.16. The molecule has 1 aliphatic rings. The highest BCUT2D eigenvalue weighted by Gasteiger charge is 2.20. The molecule has 1 aliphatic heterocycles. The minimum absolute atomic E-state index is 0.192. The molecule has 76 valence electrons. The Morgan fingerprint density at radius 2 is 2.23 bits per heavy atom. The lowest BCUT2D eigenvalue weighted by molar-refractivity contribution is 0.437. The predicted octanol–water partition coefficient (Wildman–Crippen LogP) is -0.202. The zero-order valence-electron chi connectivity index (χ0n) is 7.86. The van der Waals surface area contributed by atoms with Gasteiger partial charge in [0.15, 0.2) is 0 Å². The van der Waals surface area contributed by atoms with E-state index in [-0.39, 0.29) is 5.75 Å². The molecule has 1 heterocycles. The summed E-state index contributed by atoms with van der Waals surface area (Å²) >= 11 is 0. The van der Waals surface area contributed by atoms with E-state index in [0.717, 1.165) is 6.42 Å². The highest BCUT2D eigenvalue weighted by molar-refractivity contribution is 7.89. The molecule has 0 aromatic rings. The van der Waals surface area contributed by atoms with Crippen molar-refractivity contribution < 1.29 is 8.42 Å². The monoisotopic (exact) mass is 204 g/mol. The van der Waals surface area contributed by atoms with E-state index in [1.807, 2.05) is 12.2 Å². The summed E-state index contributed by atoms with van der Waals surface area (Å²) in [4.78, 5) is 0. The molecule has 0 saturated carbocycles. The SMILES string of the molecule is CNCCS(=O)(=O)N1CC=CCC1. The van der Waals surface area contributed by atoms with Crippen LogP contribution < -0.4 is 5.32 Å². The third-order valence-corrected chi connectivity index (χ3v) is 3.86. The first-order valence-electron chi connectivity index (χ1n) is 4.44. The Bertz CT molecular complexity index is 272. The van der Waals surface area contributed by atoms with Crippen molar-refractivity contribution >= 4 is 10.0 Å². The maximum absolute atomic E-state index is 11.6. The van der Waals surface area contributed by atoms with Crippen LogP contribution in [0.15, 0.2) is 12.2 Å². The van der Waals surface area contributed by atoms with E-state index in [1.54, 1.807) is 7.05 Å². The van der Waals surface area contributed by atoms with Crippen LogP contribution in [0.5, 0.6) is 0 Å². The van der Waals surface area contributed by atoms with Gasteiger partial charge in [0.05, 0.1) is 5.75 Å². The standard InChI is InChI=1S/C8H16N2O2S/c1-9-5-8-13(11,12)10-6-3-2-4-7-10/h2-3,9H,4-8H2,1H3. The summed E-state index contributed by atoms with van der Waals surface area (Å²) in [6.07, 6.45) is 4.75. The van der Waals surface area contributed by atoms with Gasteiger partial charge in [0.1, 0.15) is 0 Å². The normalized spacial score (nSPS) is 19.2. The van der Waals surface area contributed by atoms with Crippen LogP contribution in [0.3, 0.4) is 0 Å². The van der Waals surface area contributed by atoms with Gasteiger partial charge >= 0.3 is 0 Å². The molecule has 0 aliphatic carbocycles. The van der Waals surface area contributed by atoms with Crippen molar-refractivity contribution in [3.63, 3.8) is 0 Å². The second-order valence-corrected chi connectivity index (χ2v) is 5.13. The van der Waals surface area contributed by atoms with Gasteiger partial charge in [-0.25, -0.2) is 8.42 Å². The fraction of sp³-hybridized carbons (Fsp3) is 0.750. The highest BCUT2D eigenvalue weighted by atomic mass is 32.2. The Morgan fingerprint density at radius 3 is 2.77 bits per heavy atom. The second-order valence-electron chi connectivity index (χ2n) is 3.04. The molecule has 0 unspecified atom stereocenters. The summed E-state index contributed by atoms with van der Waals surface area (Å²) in [5, 5.41) is 2.84.